The SMILES string of the molecule is CCOC(=O)c1nn(CC(=O)C[C@@H](Cc2cc(F)cc(F)c2)c2nc(C#CC(C)(C)O)ccc2-c2ccc(Cl)c3c(CS(C)(=O)=O)nn(C)c23)c2c1[C@H]1C[C@H]1C2(F)F. The number of alkyl halides is 2. The number of carbonyl (C=O) groups excluding carboxylic acids is 2. The Morgan fingerprint density at radius 3 is 2.45 bits per heavy atom. The molecule has 3 aromatic heterocycles. The van der Waals surface area contributed by atoms with E-state index in [0.717, 1.165) is 23.1 Å². The van der Waals surface area contributed by atoms with Crippen molar-refractivity contribution in [2.75, 3.05) is 12.9 Å². The van der Waals surface area contributed by atoms with Gasteiger partial charge in [0.1, 0.15) is 35.2 Å². The number of sulfone groups is 1. The van der Waals surface area contributed by atoms with E-state index in [2.05, 4.69) is 22.0 Å². The van der Waals surface area contributed by atoms with Gasteiger partial charge in [0, 0.05) is 59.7 Å². The summed E-state index contributed by atoms with van der Waals surface area (Å²) in [7, 11) is -1.95. The molecule has 0 aliphatic heterocycles. The number of nitrogens with zero attached hydrogens (tertiary/aromatic N) is 5. The molecule has 2 aliphatic carbocycles. The van der Waals surface area contributed by atoms with E-state index in [1.165, 1.54) is 18.5 Å². The van der Waals surface area contributed by atoms with Gasteiger partial charge in [0.15, 0.2) is 21.3 Å². The lowest BCUT2D eigenvalue weighted by molar-refractivity contribution is -0.120. The zero-order valence-corrected chi connectivity index (χ0v) is 33.6. The van der Waals surface area contributed by atoms with Gasteiger partial charge >= 0.3 is 5.97 Å². The van der Waals surface area contributed by atoms with Crippen molar-refractivity contribution < 1.29 is 45.4 Å². The summed E-state index contributed by atoms with van der Waals surface area (Å²) in [4.78, 5) is 31.9. The minimum Gasteiger partial charge on any atom is -0.461 e. The molecule has 1 fully saturated rings. The number of fused-ring (bicyclic) bond motifs is 4. The van der Waals surface area contributed by atoms with Crippen molar-refractivity contribution in [3.05, 3.63) is 98.7 Å². The molecule has 2 aromatic carbocycles. The fraction of sp³-hybridized carbons (Fsp3) is 0.390. The van der Waals surface area contributed by atoms with Crippen LogP contribution in [0.4, 0.5) is 17.6 Å². The van der Waals surface area contributed by atoms with Crippen molar-refractivity contribution in [1.82, 2.24) is 24.5 Å². The molecular formula is C41H38ClF4N5O6S. The molecule has 3 atom stereocenters. The highest BCUT2D eigenvalue weighted by Crippen LogP contribution is 2.67. The van der Waals surface area contributed by atoms with Gasteiger partial charge in [0.05, 0.1) is 34.3 Å². The average molecular weight is 840 g/mol. The fourth-order valence-corrected chi connectivity index (χ4v) is 8.80. The van der Waals surface area contributed by atoms with Crippen LogP contribution in [0.3, 0.4) is 0 Å². The number of aliphatic hydroxyl groups is 1. The Morgan fingerprint density at radius 1 is 1.10 bits per heavy atom. The second kappa shape index (κ2) is 14.9. The lowest BCUT2D eigenvalue weighted by Gasteiger charge is -2.22. The number of hydrogen-bond acceptors (Lipinski definition) is 9. The highest BCUT2D eigenvalue weighted by Gasteiger charge is 2.67. The Kier molecular flexibility index (Phi) is 10.6. The van der Waals surface area contributed by atoms with Crippen LogP contribution >= 0.6 is 11.6 Å². The van der Waals surface area contributed by atoms with Gasteiger partial charge in [-0.3, -0.25) is 14.2 Å². The van der Waals surface area contributed by atoms with Crippen LogP contribution in [0.1, 0.15) is 89.8 Å². The number of esters is 1. The second-order valence-corrected chi connectivity index (χ2v) is 17.9. The number of Topliss-reactive ketones (excluding diaryl/α,β-unsaturated/α-hetero) is 1. The summed E-state index contributed by atoms with van der Waals surface area (Å²) < 4.78 is 92.8. The highest BCUT2D eigenvalue weighted by molar-refractivity contribution is 7.89. The van der Waals surface area contributed by atoms with E-state index in [1.807, 2.05) is 0 Å². The van der Waals surface area contributed by atoms with Gasteiger partial charge in [-0.2, -0.15) is 19.0 Å². The third-order valence-corrected chi connectivity index (χ3v) is 11.2. The van der Waals surface area contributed by atoms with Crippen LogP contribution in [0, 0.1) is 29.4 Å². The molecule has 304 valence electrons. The standard InChI is InChI=1S/C41H38ClF4N5O6S/c1-6-57-39(53)36-33-29-18-30(29)41(45,46)38(33)51(49-36)19-26(52)16-22(13-21-14-23(43)17-24(44)15-21)35-27(8-7-25(47-35)11-12-40(2,3)54)28-9-10-31(42)34-32(20-58(5,55)56)48-50(4)37(28)34/h7-10,14-15,17,22,29-30,54H,6,13,16,18-20H2,1-5H3/t22-,29+,30-/m1/s1. The number of aryl methyl sites for hydroxylation is 1. The summed E-state index contributed by atoms with van der Waals surface area (Å²) in [6.07, 6.45) is 0.653. The Labute approximate surface area is 336 Å². The predicted molar refractivity (Wildman–Crippen MR) is 206 cm³/mol. The van der Waals surface area contributed by atoms with Crippen molar-refractivity contribution in [2.45, 2.75) is 75.7 Å². The maximum atomic E-state index is 15.7. The van der Waals surface area contributed by atoms with Crippen LogP contribution in [0.15, 0.2) is 42.5 Å². The maximum Gasteiger partial charge on any atom is 0.359 e. The molecular weight excluding hydrogens is 802 g/mol. The molecule has 0 saturated heterocycles. The molecule has 17 heteroatoms. The van der Waals surface area contributed by atoms with E-state index < -0.39 is 86.9 Å². The summed E-state index contributed by atoms with van der Waals surface area (Å²) in [5.74, 6) is -4.08. The number of pyridine rings is 1. The molecule has 0 amide bonds. The zero-order valence-electron chi connectivity index (χ0n) is 32.0. The fourth-order valence-electron chi connectivity index (χ4n) is 7.84. The normalized spacial score (nSPS) is 17.4. The molecule has 0 bridgehead atoms. The van der Waals surface area contributed by atoms with E-state index in [0.29, 0.717) is 28.1 Å². The summed E-state index contributed by atoms with van der Waals surface area (Å²) in [5, 5.41) is 19.6. The Hall–Kier alpha value is -5.11. The number of ketones is 1. The van der Waals surface area contributed by atoms with E-state index in [4.69, 9.17) is 21.3 Å². The molecule has 5 aromatic rings. The largest absolute Gasteiger partial charge is 0.461 e. The van der Waals surface area contributed by atoms with Crippen molar-refractivity contribution in [2.24, 2.45) is 13.0 Å². The van der Waals surface area contributed by atoms with Crippen LogP contribution in [-0.4, -0.2) is 68.3 Å². The second-order valence-electron chi connectivity index (χ2n) is 15.4. The van der Waals surface area contributed by atoms with Crippen LogP contribution < -0.4 is 0 Å². The number of benzene rings is 2. The molecule has 0 unspecified atom stereocenters. The smallest absolute Gasteiger partial charge is 0.359 e. The monoisotopic (exact) mass is 839 g/mol. The number of rotatable bonds is 12. The first-order valence-electron chi connectivity index (χ1n) is 18.4. The lowest BCUT2D eigenvalue weighted by Crippen LogP contribution is -2.24. The number of carbonyl (C=O) groups is 2. The van der Waals surface area contributed by atoms with Crippen LogP contribution in [-0.2, 0) is 51.1 Å². The molecule has 7 rings (SSSR count). The van der Waals surface area contributed by atoms with E-state index in [-0.39, 0.29) is 58.4 Å². The summed E-state index contributed by atoms with van der Waals surface area (Å²) in [5.41, 5.74) is -0.110. The van der Waals surface area contributed by atoms with Gasteiger partial charge < -0.3 is 9.84 Å². The molecule has 11 nitrogen and oxygen atoms in total. The van der Waals surface area contributed by atoms with Crippen molar-refractivity contribution in [3.63, 3.8) is 0 Å². The Bertz CT molecular complexity index is 2680. The van der Waals surface area contributed by atoms with Crippen molar-refractivity contribution in [3.8, 4) is 23.0 Å². The molecule has 0 radical (unpaired) electrons. The first-order chi connectivity index (χ1) is 27.1. The lowest BCUT2D eigenvalue weighted by atomic mass is 9.86. The van der Waals surface area contributed by atoms with Gasteiger partial charge in [0.25, 0.3) is 5.92 Å². The van der Waals surface area contributed by atoms with Crippen LogP contribution in [0.5, 0.6) is 0 Å². The number of hydrogen-bond donors (Lipinski definition) is 1. The third kappa shape index (κ3) is 8.12. The molecule has 2 aliphatic rings. The molecule has 3 heterocycles. The van der Waals surface area contributed by atoms with Crippen molar-refractivity contribution >= 4 is 44.1 Å². The maximum absolute atomic E-state index is 15.7. The molecule has 0 spiro atoms. The topological polar surface area (TPSA) is 146 Å². The first kappa shape index (κ1) is 41.1. The number of halogens is 5. The molecule has 1 saturated carbocycles. The van der Waals surface area contributed by atoms with Gasteiger partial charge in [-0.25, -0.2) is 27.0 Å². The predicted octanol–water partition coefficient (Wildman–Crippen LogP) is 6.80. The van der Waals surface area contributed by atoms with Gasteiger partial charge in [0.2, 0.25) is 0 Å². The van der Waals surface area contributed by atoms with E-state index in [1.54, 1.807) is 38.2 Å². The Balaban J connectivity index is 1.38. The summed E-state index contributed by atoms with van der Waals surface area (Å²) in [6, 6.07) is 9.37. The molecule has 58 heavy (non-hydrogen) atoms. The van der Waals surface area contributed by atoms with Crippen molar-refractivity contribution in [1.29, 1.82) is 0 Å². The van der Waals surface area contributed by atoms with Crippen LogP contribution in [0.2, 0.25) is 5.02 Å². The zero-order chi connectivity index (χ0) is 42.1. The van der Waals surface area contributed by atoms with E-state index in [9.17, 15) is 31.9 Å². The van der Waals surface area contributed by atoms with Gasteiger partial charge in [-0.1, -0.05) is 23.6 Å². The summed E-state index contributed by atoms with van der Waals surface area (Å²) in [6.45, 7) is 3.84. The number of ether oxygens (including phenoxy) is 1. The summed E-state index contributed by atoms with van der Waals surface area (Å²) >= 11 is 6.66. The Morgan fingerprint density at radius 2 is 1.79 bits per heavy atom. The quantitative estimate of drug-likeness (QED) is 0.0815. The average Bonchev–Trinajstić information content (AvgIpc) is 3.65. The highest BCUT2D eigenvalue weighted by atomic mass is 35.5. The van der Waals surface area contributed by atoms with Gasteiger partial charge in [-0.05, 0) is 81.3 Å². The first-order valence-corrected chi connectivity index (χ1v) is 20.8. The van der Waals surface area contributed by atoms with Gasteiger partial charge in [-0.15, -0.1) is 0 Å². The minimum absolute atomic E-state index is 0.0153. The number of aromatic nitrogens is 5. The third-order valence-electron chi connectivity index (χ3n) is 10.1. The minimum atomic E-state index is -3.56. The van der Waals surface area contributed by atoms with E-state index >= 15 is 8.78 Å². The van der Waals surface area contributed by atoms with Crippen LogP contribution in [0.25, 0.3) is 22.0 Å². The molecule has 1 N–H and O–H groups in total.